The highest BCUT2D eigenvalue weighted by atomic mass is 15.1. The normalized spacial score (nSPS) is 12.6. The van der Waals surface area contributed by atoms with Crippen molar-refractivity contribution < 1.29 is 0 Å². The topological polar surface area (TPSA) is 29.9 Å². The monoisotopic (exact) mass is 257 g/mol. The summed E-state index contributed by atoms with van der Waals surface area (Å²) in [6, 6.07) is 8.87. The number of imidazole rings is 1. The molecule has 2 rings (SSSR count). The first-order chi connectivity index (χ1) is 9.26. The highest BCUT2D eigenvalue weighted by Crippen LogP contribution is 2.20. The highest BCUT2D eigenvalue weighted by molar-refractivity contribution is 5.29. The van der Waals surface area contributed by atoms with Crippen LogP contribution in [0.25, 0.3) is 0 Å². The molecular weight excluding hydrogens is 234 g/mol. The maximum Gasteiger partial charge on any atom is 0.110 e. The Bertz CT molecular complexity index is 516. The van der Waals surface area contributed by atoms with E-state index in [0.29, 0.717) is 6.04 Å². The van der Waals surface area contributed by atoms with Crippen LogP contribution in [0.2, 0.25) is 0 Å². The lowest BCUT2D eigenvalue weighted by atomic mass is 9.98. The average molecular weight is 257 g/mol. The molecule has 1 unspecified atom stereocenters. The quantitative estimate of drug-likeness (QED) is 0.861. The van der Waals surface area contributed by atoms with E-state index in [4.69, 9.17) is 0 Å². The largest absolute Gasteiger partial charge is 0.335 e. The van der Waals surface area contributed by atoms with E-state index in [2.05, 4.69) is 59.2 Å². The summed E-state index contributed by atoms with van der Waals surface area (Å²) in [6.45, 7) is 5.40. The predicted octanol–water partition coefficient (Wildman–Crippen LogP) is 3.10. The van der Waals surface area contributed by atoms with Gasteiger partial charge in [-0.1, -0.05) is 31.2 Å². The van der Waals surface area contributed by atoms with Gasteiger partial charge in [0, 0.05) is 31.4 Å². The summed E-state index contributed by atoms with van der Waals surface area (Å²) in [5.41, 5.74) is 2.69. The standard InChI is InChI=1S/C16H23N3/c1-4-10-19-11-9-18-16(19)12-15(17-3)14-8-6-5-7-13(14)2/h5-9,11,15,17H,4,10,12H2,1-3H3. The SMILES string of the molecule is CCCn1ccnc1CC(NC)c1ccccc1C. The Morgan fingerprint density at radius 3 is 2.79 bits per heavy atom. The summed E-state index contributed by atoms with van der Waals surface area (Å²) in [4.78, 5) is 4.50. The molecule has 1 aromatic carbocycles. The average Bonchev–Trinajstić information content (AvgIpc) is 2.85. The predicted molar refractivity (Wildman–Crippen MR) is 79.2 cm³/mol. The number of hydrogen-bond donors (Lipinski definition) is 1. The Hall–Kier alpha value is -1.61. The van der Waals surface area contributed by atoms with Crippen LogP contribution >= 0.6 is 0 Å². The minimum Gasteiger partial charge on any atom is -0.335 e. The number of aromatic nitrogens is 2. The lowest BCUT2D eigenvalue weighted by molar-refractivity contribution is 0.541. The zero-order valence-electron chi connectivity index (χ0n) is 12.1. The van der Waals surface area contributed by atoms with Gasteiger partial charge in [-0.2, -0.15) is 0 Å². The van der Waals surface area contributed by atoms with E-state index in [1.165, 1.54) is 11.1 Å². The van der Waals surface area contributed by atoms with Gasteiger partial charge in [0.1, 0.15) is 5.82 Å². The van der Waals surface area contributed by atoms with Crippen LogP contribution in [-0.4, -0.2) is 16.6 Å². The van der Waals surface area contributed by atoms with Gasteiger partial charge < -0.3 is 9.88 Å². The molecule has 19 heavy (non-hydrogen) atoms. The van der Waals surface area contributed by atoms with Crippen molar-refractivity contribution in [3.8, 4) is 0 Å². The van der Waals surface area contributed by atoms with Gasteiger partial charge in [0.25, 0.3) is 0 Å². The number of aryl methyl sites for hydroxylation is 2. The summed E-state index contributed by atoms with van der Waals surface area (Å²) in [7, 11) is 2.02. The lowest BCUT2D eigenvalue weighted by Gasteiger charge is -2.19. The third-order valence-electron chi connectivity index (χ3n) is 3.57. The van der Waals surface area contributed by atoms with E-state index in [-0.39, 0.29) is 0 Å². The van der Waals surface area contributed by atoms with E-state index < -0.39 is 0 Å². The second-order valence-corrected chi connectivity index (χ2v) is 4.94. The van der Waals surface area contributed by atoms with Gasteiger partial charge in [-0.25, -0.2) is 4.98 Å². The number of nitrogens with one attached hydrogen (secondary N) is 1. The molecule has 1 heterocycles. The molecule has 1 atom stereocenters. The third kappa shape index (κ3) is 3.24. The molecule has 1 aromatic heterocycles. The van der Waals surface area contributed by atoms with Crippen LogP contribution in [0, 0.1) is 6.92 Å². The highest BCUT2D eigenvalue weighted by Gasteiger charge is 2.14. The Labute approximate surface area is 115 Å². The molecule has 102 valence electrons. The first-order valence-electron chi connectivity index (χ1n) is 6.99. The molecule has 3 heteroatoms. The number of nitrogens with zero attached hydrogens (tertiary/aromatic N) is 2. The Morgan fingerprint density at radius 1 is 1.32 bits per heavy atom. The molecule has 0 aliphatic carbocycles. The van der Waals surface area contributed by atoms with Crippen molar-refractivity contribution in [2.75, 3.05) is 7.05 Å². The summed E-state index contributed by atoms with van der Waals surface area (Å²) < 4.78 is 2.25. The summed E-state index contributed by atoms with van der Waals surface area (Å²) >= 11 is 0. The molecule has 0 spiro atoms. The molecule has 0 fully saturated rings. The number of likely N-dealkylation sites (N-methyl/N-ethyl adjacent to an activating group) is 1. The first kappa shape index (κ1) is 13.8. The minimum absolute atomic E-state index is 0.319. The van der Waals surface area contributed by atoms with Gasteiger partial charge >= 0.3 is 0 Å². The van der Waals surface area contributed by atoms with Gasteiger partial charge in [0.2, 0.25) is 0 Å². The number of benzene rings is 1. The molecule has 0 aliphatic heterocycles. The Balaban J connectivity index is 2.19. The second-order valence-electron chi connectivity index (χ2n) is 4.94. The number of hydrogen-bond acceptors (Lipinski definition) is 2. The summed E-state index contributed by atoms with van der Waals surface area (Å²) in [5, 5.41) is 3.41. The number of rotatable bonds is 6. The third-order valence-corrected chi connectivity index (χ3v) is 3.57. The first-order valence-corrected chi connectivity index (χ1v) is 6.99. The molecule has 0 bridgehead atoms. The van der Waals surface area contributed by atoms with Crippen molar-refractivity contribution in [1.29, 1.82) is 0 Å². The Morgan fingerprint density at radius 2 is 2.11 bits per heavy atom. The van der Waals surface area contributed by atoms with E-state index in [1.54, 1.807) is 0 Å². The van der Waals surface area contributed by atoms with Crippen LogP contribution in [-0.2, 0) is 13.0 Å². The summed E-state index contributed by atoms with van der Waals surface area (Å²) in [5.74, 6) is 1.16. The van der Waals surface area contributed by atoms with Gasteiger partial charge in [-0.15, -0.1) is 0 Å². The van der Waals surface area contributed by atoms with Crippen molar-refractivity contribution in [1.82, 2.24) is 14.9 Å². The molecule has 3 nitrogen and oxygen atoms in total. The van der Waals surface area contributed by atoms with Gasteiger partial charge in [0.05, 0.1) is 0 Å². The van der Waals surface area contributed by atoms with Crippen LogP contribution in [0.4, 0.5) is 0 Å². The molecule has 0 saturated heterocycles. The fraction of sp³-hybridized carbons (Fsp3) is 0.438. The van der Waals surface area contributed by atoms with Crippen LogP contribution in [0.15, 0.2) is 36.7 Å². The van der Waals surface area contributed by atoms with Crippen molar-refractivity contribution >= 4 is 0 Å². The van der Waals surface area contributed by atoms with Crippen LogP contribution < -0.4 is 5.32 Å². The van der Waals surface area contributed by atoms with Crippen molar-refractivity contribution in [3.05, 3.63) is 53.6 Å². The fourth-order valence-electron chi connectivity index (χ4n) is 2.50. The van der Waals surface area contributed by atoms with E-state index >= 15 is 0 Å². The molecule has 0 amide bonds. The summed E-state index contributed by atoms with van der Waals surface area (Å²) in [6.07, 6.45) is 6.03. The maximum absolute atomic E-state index is 4.50. The van der Waals surface area contributed by atoms with Gasteiger partial charge in [0.15, 0.2) is 0 Å². The maximum atomic E-state index is 4.50. The van der Waals surface area contributed by atoms with Crippen molar-refractivity contribution in [3.63, 3.8) is 0 Å². The van der Waals surface area contributed by atoms with Crippen LogP contribution in [0.1, 0.15) is 36.3 Å². The molecule has 0 radical (unpaired) electrons. The molecule has 0 saturated carbocycles. The molecule has 1 N–H and O–H groups in total. The van der Waals surface area contributed by atoms with E-state index in [9.17, 15) is 0 Å². The zero-order valence-corrected chi connectivity index (χ0v) is 12.1. The molecular formula is C16H23N3. The molecule has 0 aliphatic rings. The Kier molecular flexibility index (Phi) is 4.74. The minimum atomic E-state index is 0.319. The fourth-order valence-corrected chi connectivity index (χ4v) is 2.50. The van der Waals surface area contributed by atoms with Gasteiger partial charge in [-0.3, -0.25) is 0 Å². The van der Waals surface area contributed by atoms with Crippen LogP contribution in [0.3, 0.4) is 0 Å². The lowest BCUT2D eigenvalue weighted by Crippen LogP contribution is -2.21. The smallest absolute Gasteiger partial charge is 0.110 e. The second kappa shape index (κ2) is 6.53. The van der Waals surface area contributed by atoms with E-state index in [0.717, 1.165) is 25.2 Å². The van der Waals surface area contributed by atoms with E-state index in [1.807, 2.05) is 13.2 Å². The molecule has 2 aromatic rings. The van der Waals surface area contributed by atoms with Crippen molar-refractivity contribution in [2.24, 2.45) is 0 Å². The van der Waals surface area contributed by atoms with Crippen molar-refractivity contribution in [2.45, 2.75) is 39.3 Å². The zero-order chi connectivity index (χ0) is 13.7. The van der Waals surface area contributed by atoms with Gasteiger partial charge in [-0.05, 0) is 31.5 Å². The van der Waals surface area contributed by atoms with Crippen LogP contribution in [0.5, 0.6) is 0 Å².